The highest BCUT2D eigenvalue weighted by atomic mass is 32.2. The lowest BCUT2D eigenvalue weighted by atomic mass is 9.95. The van der Waals surface area contributed by atoms with E-state index in [1.165, 1.54) is 11.1 Å². The molecule has 5 nitrogen and oxygen atoms in total. The van der Waals surface area contributed by atoms with Gasteiger partial charge in [-0.1, -0.05) is 54.6 Å². The molecule has 2 heterocycles. The highest BCUT2D eigenvalue weighted by molar-refractivity contribution is 7.89. The van der Waals surface area contributed by atoms with Crippen molar-refractivity contribution in [2.24, 2.45) is 5.92 Å². The fourth-order valence-corrected chi connectivity index (χ4v) is 6.15. The molecule has 0 radical (unpaired) electrons. The van der Waals surface area contributed by atoms with Crippen molar-refractivity contribution >= 4 is 15.9 Å². The Morgan fingerprint density at radius 3 is 2.50 bits per heavy atom. The number of carbonyl (C=O) groups is 1. The summed E-state index contributed by atoms with van der Waals surface area (Å²) in [6.07, 6.45) is 3.75. The van der Waals surface area contributed by atoms with Crippen molar-refractivity contribution in [3.63, 3.8) is 0 Å². The quantitative estimate of drug-likeness (QED) is 0.713. The lowest BCUT2D eigenvalue weighted by molar-refractivity contribution is -0.137. The third kappa shape index (κ3) is 4.93. The maximum absolute atomic E-state index is 13.1. The van der Waals surface area contributed by atoms with Crippen molar-refractivity contribution in [2.45, 2.75) is 38.6 Å². The van der Waals surface area contributed by atoms with Crippen LogP contribution in [0.2, 0.25) is 0 Å². The third-order valence-electron chi connectivity index (χ3n) is 6.28. The van der Waals surface area contributed by atoms with Crippen molar-refractivity contribution in [3.05, 3.63) is 71.3 Å². The van der Waals surface area contributed by atoms with E-state index < -0.39 is 10.0 Å². The first-order chi connectivity index (χ1) is 14.5. The van der Waals surface area contributed by atoms with Gasteiger partial charge in [-0.15, -0.1) is 0 Å². The highest BCUT2D eigenvalue weighted by Crippen LogP contribution is 2.25. The van der Waals surface area contributed by atoms with Gasteiger partial charge in [0.1, 0.15) is 0 Å². The van der Waals surface area contributed by atoms with Gasteiger partial charge in [0, 0.05) is 26.2 Å². The van der Waals surface area contributed by atoms with Crippen LogP contribution in [0.15, 0.2) is 54.6 Å². The first-order valence-electron chi connectivity index (χ1n) is 10.9. The van der Waals surface area contributed by atoms with Gasteiger partial charge >= 0.3 is 0 Å². The Bertz CT molecular complexity index is 975. The monoisotopic (exact) mass is 426 g/mol. The van der Waals surface area contributed by atoms with Gasteiger partial charge in [0.2, 0.25) is 15.9 Å². The zero-order valence-corrected chi connectivity index (χ0v) is 18.2. The van der Waals surface area contributed by atoms with E-state index in [4.69, 9.17) is 0 Å². The Kier molecular flexibility index (Phi) is 6.54. The molecule has 2 aliphatic heterocycles. The fourth-order valence-electron chi connectivity index (χ4n) is 4.57. The van der Waals surface area contributed by atoms with Gasteiger partial charge in [0.05, 0.1) is 11.7 Å². The molecular formula is C24H30N2O3S. The summed E-state index contributed by atoms with van der Waals surface area (Å²) in [6, 6.07) is 18.2. The second-order valence-corrected chi connectivity index (χ2v) is 10.5. The summed E-state index contributed by atoms with van der Waals surface area (Å²) in [5, 5.41) is 0. The van der Waals surface area contributed by atoms with Crippen LogP contribution in [0.25, 0.3) is 0 Å². The smallest absolute Gasteiger partial charge is 0.227 e. The van der Waals surface area contributed by atoms with Crippen molar-refractivity contribution in [2.75, 3.05) is 25.4 Å². The summed E-state index contributed by atoms with van der Waals surface area (Å²) < 4.78 is 27.3. The summed E-state index contributed by atoms with van der Waals surface area (Å²) in [4.78, 5) is 15.1. The van der Waals surface area contributed by atoms with Crippen molar-refractivity contribution in [1.29, 1.82) is 0 Å². The first kappa shape index (κ1) is 21.1. The summed E-state index contributed by atoms with van der Waals surface area (Å²) in [7, 11) is -3.34. The Labute approximate surface area is 179 Å². The number of piperidine rings is 1. The van der Waals surface area contributed by atoms with Crippen molar-refractivity contribution < 1.29 is 13.2 Å². The number of sulfonamides is 1. The summed E-state index contributed by atoms with van der Waals surface area (Å²) >= 11 is 0. The number of hydrogen-bond donors (Lipinski definition) is 0. The van der Waals surface area contributed by atoms with E-state index in [2.05, 4.69) is 12.1 Å². The number of amides is 1. The minimum Gasteiger partial charge on any atom is -0.338 e. The molecule has 1 amide bonds. The predicted molar refractivity (Wildman–Crippen MR) is 118 cm³/mol. The molecule has 0 spiro atoms. The molecule has 0 aromatic heterocycles. The standard InChI is InChI=1S/C24H30N2O3S/c27-24(25-16-14-21-11-4-5-12-22(21)18-25)23-13-6-15-26(19-23)30(28,29)17-7-10-20-8-2-1-3-9-20/h1-5,8-9,11-12,23H,6-7,10,13-19H2/t23-/m1/s1. The summed E-state index contributed by atoms with van der Waals surface area (Å²) in [5.41, 5.74) is 3.68. The normalized spacial score (nSPS) is 20.0. The van der Waals surface area contributed by atoms with Gasteiger partial charge in [-0.2, -0.15) is 0 Å². The van der Waals surface area contributed by atoms with Crippen molar-refractivity contribution in [1.82, 2.24) is 9.21 Å². The lowest BCUT2D eigenvalue weighted by Gasteiger charge is -2.36. The number of benzene rings is 2. The van der Waals surface area contributed by atoms with Gasteiger partial charge in [0.25, 0.3) is 0 Å². The first-order valence-corrected chi connectivity index (χ1v) is 12.5. The minimum absolute atomic E-state index is 0.105. The van der Waals surface area contributed by atoms with E-state index >= 15 is 0 Å². The molecule has 1 fully saturated rings. The number of nitrogens with zero attached hydrogens (tertiary/aromatic N) is 2. The van der Waals surface area contributed by atoms with E-state index in [9.17, 15) is 13.2 Å². The molecular weight excluding hydrogens is 396 g/mol. The van der Waals surface area contributed by atoms with E-state index in [0.29, 0.717) is 26.1 Å². The van der Waals surface area contributed by atoms with Gasteiger partial charge in [-0.05, 0) is 48.8 Å². The van der Waals surface area contributed by atoms with Crippen LogP contribution in [0, 0.1) is 5.92 Å². The van der Waals surface area contributed by atoms with E-state index in [-0.39, 0.29) is 17.6 Å². The molecule has 1 saturated heterocycles. The molecule has 0 N–H and O–H groups in total. The SMILES string of the molecule is O=C([C@@H]1CCCN(S(=O)(=O)CCCc2ccccc2)C1)N1CCc2ccccc2C1. The van der Waals surface area contributed by atoms with Crippen LogP contribution in [-0.4, -0.2) is 48.9 Å². The zero-order valence-electron chi connectivity index (χ0n) is 17.4. The maximum Gasteiger partial charge on any atom is 0.227 e. The summed E-state index contributed by atoms with van der Waals surface area (Å²) in [6.45, 7) is 2.20. The molecule has 2 aromatic rings. The molecule has 2 aliphatic rings. The largest absolute Gasteiger partial charge is 0.338 e. The minimum atomic E-state index is -3.34. The van der Waals surface area contributed by atoms with E-state index in [1.807, 2.05) is 47.4 Å². The van der Waals surface area contributed by atoms with E-state index in [1.54, 1.807) is 4.31 Å². The van der Waals surface area contributed by atoms with Crippen LogP contribution in [0.4, 0.5) is 0 Å². The third-order valence-corrected chi connectivity index (χ3v) is 8.20. The summed E-state index contributed by atoms with van der Waals surface area (Å²) in [5.74, 6) is 0.0153. The van der Waals surface area contributed by atoms with Gasteiger partial charge < -0.3 is 4.90 Å². The van der Waals surface area contributed by atoms with Crippen LogP contribution in [0.1, 0.15) is 36.0 Å². The molecule has 0 saturated carbocycles. The Morgan fingerprint density at radius 2 is 1.70 bits per heavy atom. The molecule has 0 aliphatic carbocycles. The second-order valence-electron chi connectivity index (χ2n) is 8.38. The van der Waals surface area contributed by atoms with E-state index in [0.717, 1.165) is 37.8 Å². The van der Waals surface area contributed by atoms with Crippen molar-refractivity contribution in [3.8, 4) is 0 Å². The Morgan fingerprint density at radius 1 is 0.967 bits per heavy atom. The Hall–Kier alpha value is -2.18. The molecule has 0 bridgehead atoms. The number of fused-ring (bicyclic) bond motifs is 1. The van der Waals surface area contributed by atoms with Crippen LogP contribution < -0.4 is 0 Å². The fraction of sp³-hybridized carbons (Fsp3) is 0.458. The Balaban J connectivity index is 1.34. The van der Waals surface area contributed by atoms with Crippen LogP contribution >= 0.6 is 0 Å². The predicted octanol–water partition coefficient (Wildman–Crippen LogP) is 3.25. The molecule has 0 unspecified atom stereocenters. The topological polar surface area (TPSA) is 57.7 Å². The molecule has 4 rings (SSSR count). The molecule has 1 atom stereocenters. The van der Waals surface area contributed by atoms with Gasteiger partial charge in [0.15, 0.2) is 0 Å². The molecule has 160 valence electrons. The molecule has 2 aromatic carbocycles. The number of rotatable bonds is 6. The van der Waals surface area contributed by atoms with Crippen LogP contribution in [-0.2, 0) is 34.2 Å². The highest BCUT2D eigenvalue weighted by Gasteiger charge is 2.34. The average molecular weight is 427 g/mol. The van der Waals surface area contributed by atoms with Crippen LogP contribution in [0.3, 0.4) is 0 Å². The van der Waals surface area contributed by atoms with Crippen LogP contribution in [0.5, 0.6) is 0 Å². The lowest BCUT2D eigenvalue weighted by Crippen LogP contribution is -2.48. The van der Waals surface area contributed by atoms with Gasteiger partial charge in [-0.3, -0.25) is 4.79 Å². The second kappa shape index (κ2) is 9.31. The van der Waals surface area contributed by atoms with Gasteiger partial charge in [-0.25, -0.2) is 12.7 Å². The molecule has 6 heteroatoms. The number of hydrogen-bond acceptors (Lipinski definition) is 3. The number of carbonyl (C=O) groups excluding carboxylic acids is 1. The number of aryl methyl sites for hydroxylation is 1. The maximum atomic E-state index is 13.1. The average Bonchev–Trinajstić information content (AvgIpc) is 2.79. The zero-order chi connectivity index (χ0) is 21.0. The molecule has 30 heavy (non-hydrogen) atoms.